The van der Waals surface area contributed by atoms with Crippen LogP contribution in [0.5, 0.6) is 0 Å². The number of nitrogens with two attached hydrogens (primary N) is 1. The van der Waals surface area contributed by atoms with Gasteiger partial charge in [0.15, 0.2) is 0 Å². The van der Waals surface area contributed by atoms with Crippen molar-refractivity contribution in [2.75, 3.05) is 13.1 Å². The van der Waals surface area contributed by atoms with Crippen molar-refractivity contribution in [2.24, 2.45) is 11.7 Å². The molecule has 1 saturated carbocycles. The van der Waals surface area contributed by atoms with Gasteiger partial charge in [-0.25, -0.2) is 0 Å². The van der Waals surface area contributed by atoms with Crippen LogP contribution < -0.4 is 5.73 Å². The monoisotopic (exact) mass is 239 g/mol. The van der Waals surface area contributed by atoms with Crippen molar-refractivity contribution in [2.45, 2.75) is 64.8 Å². The van der Waals surface area contributed by atoms with Crippen LogP contribution in [-0.2, 0) is 0 Å². The normalized spacial score (nSPS) is 17.2. The lowest BCUT2D eigenvalue weighted by Crippen LogP contribution is -2.36. The highest BCUT2D eigenvalue weighted by molar-refractivity contribution is 5.76. The van der Waals surface area contributed by atoms with Gasteiger partial charge in [0.1, 0.15) is 0 Å². The molecule has 1 fully saturated rings. The second kappa shape index (κ2) is 7.70. The molecule has 0 aromatic heterocycles. The summed E-state index contributed by atoms with van der Waals surface area (Å²) in [6.07, 6.45) is 8.63. The van der Waals surface area contributed by atoms with E-state index in [1.54, 1.807) is 0 Å². The summed E-state index contributed by atoms with van der Waals surface area (Å²) in [5.74, 6) is 1.12. The van der Waals surface area contributed by atoms with Crippen LogP contribution >= 0.6 is 0 Å². The lowest BCUT2D eigenvalue weighted by Gasteiger charge is -2.29. The van der Waals surface area contributed by atoms with E-state index in [2.05, 4.69) is 18.7 Å². The molecule has 1 rings (SSSR count). The zero-order valence-corrected chi connectivity index (χ0v) is 11.5. The van der Waals surface area contributed by atoms with Gasteiger partial charge in [0.05, 0.1) is 5.84 Å². The zero-order valence-electron chi connectivity index (χ0n) is 11.5. The maximum atomic E-state index is 7.28. The van der Waals surface area contributed by atoms with E-state index in [0.29, 0.717) is 5.84 Å². The SMILES string of the molecule is CC(C)CCN(CCCC(=N)N)C1CCCC1. The summed E-state index contributed by atoms with van der Waals surface area (Å²) < 4.78 is 0. The predicted octanol–water partition coefficient (Wildman–Crippen LogP) is 2.99. The van der Waals surface area contributed by atoms with Gasteiger partial charge in [-0.1, -0.05) is 26.7 Å². The molecular formula is C14H29N3. The largest absolute Gasteiger partial charge is 0.388 e. The zero-order chi connectivity index (χ0) is 12.7. The number of amidine groups is 1. The van der Waals surface area contributed by atoms with E-state index >= 15 is 0 Å². The van der Waals surface area contributed by atoms with Crippen LogP contribution in [0.1, 0.15) is 58.8 Å². The van der Waals surface area contributed by atoms with E-state index < -0.39 is 0 Å². The van der Waals surface area contributed by atoms with Gasteiger partial charge < -0.3 is 10.6 Å². The number of hydrogen-bond donors (Lipinski definition) is 2. The molecule has 0 spiro atoms. The second-order valence-corrected chi connectivity index (χ2v) is 5.79. The Bertz CT molecular complexity index is 220. The van der Waals surface area contributed by atoms with Crippen molar-refractivity contribution in [3.8, 4) is 0 Å². The van der Waals surface area contributed by atoms with Crippen LogP contribution in [0.3, 0.4) is 0 Å². The summed E-state index contributed by atoms with van der Waals surface area (Å²) in [5.41, 5.74) is 5.42. The Balaban J connectivity index is 2.32. The molecule has 3 nitrogen and oxygen atoms in total. The van der Waals surface area contributed by atoms with Gasteiger partial charge in [-0.15, -0.1) is 0 Å². The van der Waals surface area contributed by atoms with Gasteiger partial charge in [-0.3, -0.25) is 5.41 Å². The fourth-order valence-corrected chi connectivity index (χ4v) is 2.64. The van der Waals surface area contributed by atoms with Crippen molar-refractivity contribution < 1.29 is 0 Å². The quantitative estimate of drug-likeness (QED) is 0.505. The first-order valence-corrected chi connectivity index (χ1v) is 7.16. The Kier molecular flexibility index (Phi) is 6.56. The van der Waals surface area contributed by atoms with Crippen LogP contribution in [-0.4, -0.2) is 29.9 Å². The minimum absolute atomic E-state index is 0.334. The predicted molar refractivity (Wildman–Crippen MR) is 74.4 cm³/mol. The van der Waals surface area contributed by atoms with Crippen molar-refractivity contribution >= 4 is 5.84 Å². The molecule has 1 aliphatic carbocycles. The van der Waals surface area contributed by atoms with E-state index in [-0.39, 0.29) is 0 Å². The first-order valence-electron chi connectivity index (χ1n) is 7.16. The summed E-state index contributed by atoms with van der Waals surface area (Å²) in [5, 5.41) is 7.28. The van der Waals surface area contributed by atoms with E-state index in [4.69, 9.17) is 11.1 Å². The highest BCUT2D eigenvalue weighted by Crippen LogP contribution is 2.24. The molecule has 0 aromatic carbocycles. The smallest absolute Gasteiger partial charge is 0.0905 e. The Hall–Kier alpha value is -0.570. The van der Waals surface area contributed by atoms with Crippen molar-refractivity contribution in [1.29, 1.82) is 5.41 Å². The molecule has 0 radical (unpaired) electrons. The van der Waals surface area contributed by atoms with Crippen LogP contribution in [0, 0.1) is 11.3 Å². The first kappa shape index (κ1) is 14.5. The van der Waals surface area contributed by atoms with Gasteiger partial charge in [-0.2, -0.15) is 0 Å². The standard InChI is InChI=1S/C14H29N3/c1-12(2)9-11-17(10-5-8-14(15)16)13-6-3-4-7-13/h12-13H,3-11H2,1-2H3,(H3,15,16). The second-order valence-electron chi connectivity index (χ2n) is 5.79. The van der Waals surface area contributed by atoms with Crippen molar-refractivity contribution in [1.82, 2.24) is 4.90 Å². The molecule has 0 amide bonds. The number of hydrogen-bond acceptors (Lipinski definition) is 2. The number of rotatable bonds is 8. The van der Waals surface area contributed by atoms with Crippen LogP contribution in [0.15, 0.2) is 0 Å². The van der Waals surface area contributed by atoms with Crippen molar-refractivity contribution in [3.63, 3.8) is 0 Å². The molecule has 0 aromatic rings. The van der Waals surface area contributed by atoms with Gasteiger partial charge in [-0.05, 0) is 44.7 Å². The molecule has 0 bridgehead atoms. The van der Waals surface area contributed by atoms with Crippen LogP contribution in [0.4, 0.5) is 0 Å². The third-order valence-electron chi connectivity index (χ3n) is 3.73. The first-order chi connectivity index (χ1) is 8.09. The molecule has 3 N–H and O–H groups in total. The Morgan fingerprint density at radius 2 is 1.94 bits per heavy atom. The third-order valence-corrected chi connectivity index (χ3v) is 3.73. The molecule has 0 aliphatic heterocycles. The lowest BCUT2D eigenvalue weighted by molar-refractivity contribution is 0.187. The van der Waals surface area contributed by atoms with E-state index in [9.17, 15) is 0 Å². The highest BCUT2D eigenvalue weighted by atomic mass is 15.2. The van der Waals surface area contributed by atoms with Crippen molar-refractivity contribution in [3.05, 3.63) is 0 Å². The van der Waals surface area contributed by atoms with Gasteiger partial charge in [0.2, 0.25) is 0 Å². The molecule has 0 saturated heterocycles. The minimum Gasteiger partial charge on any atom is -0.388 e. The molecule has 1 aliphatic rings. The Morgan fingerprint density at radius 3 is 2.47 bits per heavy atom. The molecule has 100 valence electrons. The average molecular weight is 239 g/mol. The Labute approximate surface area is 106 Å². The number of nitrogens with zero attached hydrogens (tertiary/aromatic N) is 1. The third kappa shape index (κ3) is 6.06. The maximum Gasteiger partial charge on any atom is 0.0905 e. The summed E-state index contributed by atoms with van der Waals surface area (Å²) in [6, 6.07) is 0.806. The topological polar surface area (TPSA) is 53.1 Å². The summed E-state index contributed by atoms with van der Waals surface area (Å²) in [6.45, 7) is 6.93. The van der Waals surface area contributed by atoms with Crippen LogP contribution in [0.25, 0.3) is 0 Å². The maximum absolute atomic E-state index is 7.28. The van der Waals surface area contributed by atoms with Gasteiger partial charge in [0, 0.05) is 12.5 Å². The fourth-order valence-electron chi connectivity index (χ4n) is 2.64. The molecule has 0 atom stereocenters. The van der Waals surface area contributed by atoms with Gasteiger partial charge in [0.25, 0.3) is 0 Å². The van der Waals surface area contributed by atoms with E-state index in [1.165, 1.54) is 38.6 Å². The summed E-state index contributed by atoms with van der Waals surface area (Å²) in [7, 11) is 0. The lowest BCUT2D eigenvalue weighted by atomic mass is 10.1. The van der Waals surface area contributed by atoms with E-state index in [0.717, 1.165) is 31.3 Å². The van der Waals surface area contributed by atoms with Crippen LogP contribution in [0.2, 0.25) is 0 Å². The molecular weight excluding hydrogens is 210 g/mol. The molecule has 0 heterocycles. The summed E-state index contributed by atoms with van der Waals surface area (Å²) >= 11 is 0. The summed E-state index contributed by atoms with van der Waals surface area (Å²) in [4.78, 5) is 2.65. The van der Waals surface area contributed by atoms with Gasteiger partial charge >= 0.3 is 0 Å². The van der Waals surface area contributed by atoms with E-state index in [1.807, 2.05) is 0 Å². The number of nitrogens with one attached hydrogen (secondary N) is 1. The average Bonchev–Trinajstić information content (AvgIpc) is 2.75. The highest BCUT2D eigenvalue weighted by Gasteiger charge is 2.21. The molecule has 3 heteroatoms. The minimum atomic E-state index is 0.334. The molecule has 17 heavy (non-hydrogen) atoms. The fraction of sp³-hybridized carbons (Fsp3) is 0.929. The Morgan fingerprint density at radius 1 is 1.29 bits per heavy atom. The molecule has 0 unspecified atom stereocenters.